The highest BCUT2D eigenvalue weighted by molar-refractivity contribution is 9.10. The summed E-state index contributed by atoms with van der Waals surface area (Å²) < 4.78 is 68.0. The van der Waals surface area contributed by atoms with Gasteiger partial charge in [-0.05, 0) is 55.0 Å². The maximum Gasteiger partial charge on any atom is 0.416 e. The number of hydrogen-bond acceptors (Lipinski definition) is 4. The molecule has 12 heteroatoms. The lowest BCUT2D eigenvalue weighted by atomic mass is 10.1. The van der Waals surface area contributed by atoms with Gasteiger partial charge in [-0.3, -0.25) is 9.10 Å². The largest absolute Gasteiger partial charge is 0.416 e. The van der Waals surface area contributed by atoms with Crippen molar-refractivity contribution in [2.75, 3.05) is 10.8 Å². The van der Waals surface area contributed by atoms with Crippen LogP contribution in [0.5, 0.6) is 0 Å². The van der Waals surface area contributed by atoms with E-state index in [0.717, 1.165) is 16.6 Å². The fourth-order valence-corrected chi connectivity index (χ4v) is 5.11. The maximum atomic E-state index is 13.3. The standard InChI is InChI=1S/C23H18BrClF3N3O3S/c1-15(16-6-5-7-18(24)12-16)29-30-22(32)14-31(35(33,34)19-8-3-2-4-9-19)21-13-17(23(26,27)28)10-11-20(21)25/h2-13H,14H2,1H3,(H,30,32)/b29-15-. The van der Waals surface area contributed by atoms with E-state index >= 15 is 0 Å². The number of alkyl halides is 3. The van der Waals surface area contributed by atoms with E-state index in [0.29, 0.717) is 21.6 Å². The molecule has 0 atom stereocenters. The number of carbonyl (C=O) groups excluding carboxylic acids is 1. The molecule has 0 unspecified atom stereocenters. The van der Waals surface area contributed by atoms with Crippen molar-refractivity contribution in [3.63, 3.8) is 0 Å². The molecule has 0 aliphatic carbocycles. The second-order valence-corrected chi connectivity index (χ2v) is 10.4. The van der Waals surface area contributed by atoms with Crippen LogP contribution >= 0.6 is 27.5 Å². The zero-order chi connectivity index (χ0) is 25.8. The lowest BCUT2D eigenvalue weighted by molar-refractivity contribution is -0.137. The Kier molecular flexibility index (Phi) is 8.24. The second kappa shape index (κ2) is 10.8. The predicted octanol–water partition coefficient (Wildman–Crippen LogP) is 5.86. The molecule has 1 amide bonds. The molecule has 0 fully saturated rings. The Balaban J connectivity index is 1.99. The molecule has 6 nitrogen and oxygen atoms in total. The van der Waals surface area contributed by atoms with Crippen LogP contribution in [0.4, 0.5) is 18.9 Å². The summed E-state index contributed by atoms with van der Waals surface area (Å²) in [7, 11) is -4.46. The number of rotatable bonds is 7. The third-order valence-corrected chi connectivity index (χ3v) is 7.34. The summed E-state index contributed by atoms with van der Waals surface area (Å²) in [4.78, 5) is 12.5. The Morgan fingerprint density at radius 2 is 1.74 bits per heavy atom. The van der Waals surface area contributed by atoms with Gasteiger partial charge in [0.15, 0.2) is 0 Å². The topological polar surface area (TPSA) is 78.8 Å². The number of benzene rings is 3. The molecule has 3 aromatic rings. The van der Waals surface area contributed by atoms with Crippen LogP contribution in [0.1, 0.15) is 18.1 Å². The minimum atomic E-state index is -4.75. The average molecular weight is 589 g/mol. The first-order valence-electron chi connectivity index (χ1n) is 9.93. The molecule has 0 bridgehead atoms. The number of nitrogens with zero attached hydrogens (tertiary/aromatic N) is 2. The fraction of sp³-hybridized carbons (Fsp3) is 0.130. The van der Waals surface area contributed by atoms with Gasteiger partial charge < -0.3 is 0 Å². The Labute approximate surface area is 213 Å². The molecule has 0 radical (unpaired) electrons. The zero-order valence-electron chi connectivity index (χ0n) is 18.1. The molecule has 0 aliphatic rings. The smallest absolute Gasteiger partial charge is 0.271 e. The third-order valence-electron chi connectivity index (χ3n) is 4.75. The van der Waals surface area contributed by atoms with Crippen LogP contribution in [-0.2, 0) is 21.0 Å². The van der Waals surface area contributed by atoms with Crippen LogP contribution in [-0.4, -0.2) is 26.6 Å². The van der Waals surface area contributed by atoms with Crippen LogP contribution in [0.3, 0.4) is 0 Å². The summed E-state index contributed by atoms with van der Waals surface area (Å²) in [6, 6.07) is 16.3. The average Bonchev–Trinajstić information content (AvgIpc) is 2.81. The summed E-state index contributed by atoms with van der Waals surface area (Å²) in [5.74, 6) is -0.882. The van der Waals surface area contributed by atoms with E-state index in [2.05, 4.69) is 26.5 Å². The number of nitrogens with one attached hydrogen (secondary N) is 1. The molecular formula is C23H18BrClF3N3O3S. The van der Waals surface area contributed by atoms with Crippen LogP contribution in [0, 0.1) is 0 Å². The molecule has 0 aromatic heterocycles. The van der Waals surface area contributed by atoms with Gasteiger partial charge in [-0.1, -0.05) is 57.9 Å². The van der Waals surface area contributed by atoms with Crippen molar-refractivity contribution in [2.24, 2.45) is 5.10 Å². The Morgan fingerprint density at radius 1 is 1.06 bits per heavy atom. The lowest BCUT2D eigenvalue weighted by Gasteiger charge is -2.25. The Bertz CT molecular complexity index is 1370. The Hall–Kier alpha value is -2.89. The predicted molar refractivity (Wildman–Crippen MR) is 132 cm³/mol. The molecule has 0 saturated heterocycles. The molecule has 1 N–H and O–H groups in total. The third kappa shape index (κ3) is 6.62. The van der Waals surface area contributed by atoms with E-state index in [1.165, 1.54) is 24.3 Å². The van der Waals surface area contributed by atoms with Crippen molar-refractivity contribution in [2.45, 2.75) is 18.0 Å². The lowest BCUT2D eigenvalue weighted by Crippen LogP contribution is -2.40. The van der Waals surface area contributed by atoms with Gasteiger partial charge in [-0.25, -0.2) is 13.8 Å². The maximum absolute atomic E-state index is 13.3. The van der Waals surface area contributed by atoms with Crippen LogP contribution in [0.2, 0.25) is 5.02 Å². The van der Waals surface area contributed by atoms with Gasteiger partial charge in [-0.2, -0.15) is 18.3 Å². The minimum absolute atomic E-state index is 0.227. The molecule has 0 saturated carbocycles. The van der Waals surface area contributed by atoms with E-state index in [4.69, 9.17) is 11.6 Å². The molecule has 3 rings (SSSR count). The quantitative estimate of drug-likeness (QED) is 0.278. The minimum Gasteiger partial charge on any atom is -0.271 e. The van der Waals surface area contributed by atoms with Gasteiger partial charge in [0.2, 0.25) is 0 Å². The van der Waals surface area contributed by atoms with Crippen LogP contribution < -0.4 is 9.73 Å². The number of hydrogen-bond donors (Lipinski definition) is 1. The number of amides is 1. The monoisotopic (exact) mass is 587 g/mol. The SMILES string of the molecule is C/C(=N/NC(=O)CN(c1cc(C(F)(F)F)ccc1Cl)S(=O)(=O)c1ccccc1)c1cccc(Br)c1. The fourth-order valence-electron chi connectivity index (χ4n) is 2.99. The molecule has 0 spiro atoms. The molecule has 3 aromatic carbocycles. The Morgan fingerprint density at radius 3 is 2.37 bits per heavy atom. The van der Waals surface area contributed by atoms with Crippen molar-refractivity contribution < 1.29 is 26.4 Å². The first kappa shape index (κ1) is 26.7. The highest BCUT2D eigenvalue weighted by Gasteiger charge is 2.34. The van der Waals surface area contributed by atoms with Crippen molar-refractivity contribution in [1.29, 1.82) is 0 Å². The number of anilines is 1. The first-order chi connectivity index (χ1) is 16.4. The van der Waals surface area contributed by atoms with Crippen molar-refractivity contribution in [3.8, 4) is 0 Å². The van der Waals surface area contributed by atoms with Crippen molar-refractivity contribution in [1.82, 2.24) is 5.43 Å². The molecule has 184 valence electrons. The molecular weight excluding hydrogens is 571 g/mol. The van der Waals surface area contributed by atoms with Gasteiger partial charge in [0.25, 0.3) is 15.9 Å². The number of halogens is 5. The van der Waals surface area contributed by atoms with Gasteiger partial charge in [0.05, 0.1) is 26.9 Å². The van der Waals surface area contributed by atoms with Crippen LogP contribution in [0.15, 0.2) is 87.3 Å². The van der Waals surface area contributed by atoms with Gasteiger partial charge in [0.1, 0.15) is 6.54 Å². The normalized spacial score (nSPS) is 12.3. The first-order valence-corrected chi connectivity index (χ1v) is 12.5. The summed E-state index contributed by atoms with van der Waals surface area (Å²) in [6.45, 7) is 0.762. The van der Waals surface area contributed by atoms with Gasteiger partial charge in [-0.15, -0.1) is 0 Å². The molecule has 0 heterocycles. The van der Waals surface area contributed by atoms with Gasteiger partial charge >= 0.3 is 6.18 Å². The van der Waals surface area contributed by atoms with E-state index < -0.39 is 39.9 Å². The van der Waals surface area contributed by atoms with E-state index in [-0.39, 0.29) is 9.92 Å². The number of sulfonamides is 1. The van der Waals surface area contributed by atoms with Crippen molar-refractivity contribution in [3.05, 3.63) is 93.4 Å². The number of hydrazone groups is 1. The van der Waals surface area contributed by atoms with E-state index in [1.807, 2.05) is 0 Å². The zero-order valence-corrected chi connectivity index (χ0v) is 21.2. The highest BCUT2D eigenvalue weighted by atomic mass is 79.9. The second-order valence-electron chi connectivity index (χ2n) is 7.23. The summed E-state index contributed by atoms with van der Waals surface area (Å²) in [5.41, 5.74) is 1.76. The van der Waals surface area contributed by atoms with Gasteiger partial charge in [0, 0.05) is 4.47 Å². The van der Waals surface area contributed by atoms with E-state index in [1.54, 1.807) is 37.3 Å². The summed E-state index contributed by atoms with van der Waals surface area (Å²) >= 11 is 9.43. The highest BCUT2D eigenvalue weighted by Crippen LogP contribution is 2.37. The molecule has 35 heavy (non-hydrogen) atoms. The molecule has 0 aliphatic heterocycles. The van der Waals surface area contributed by atoms with Crippen LogP contribution in [0.25, 0.3) is 0 Å². The van der Waals surface area contributed by atoms with Crippen molar-refractivity contribution >= 4 is 54.9 Å². The summed E-state index contributed by atoms with van der Waals surface area (Å²) in [6.07, 6.45) is -4.75. The van der Waals surface area contributed by atoms with E-state index in [9.17, 15) is 26.4 Å². The number of carbonyl (C=O) groups is 1. The summed E-state index contributed by atoms with van der Waals surface area (Å²) in [5, 5.41) is 3.70.